The van der Waals surface area contributed by atoms with Crippen LogP contribution in [0.5, 0.6) is 0 Å². The summed E-state index contributed by atoms with van der Waals surface area (Å²) in [5.41, 5.74) is -0.529. The number of ether oxygens (including phenoxy) is 1. The molecule has 9 nitrogen and oxygen atoms in total. The predicted octanol–water partition coefficient (Wildman–Crippen LogP) is 2.52. The Morgan fingerprint density at radius 2 is 1.89 bits per heavy atom. The number of anilines is 2. The quantitative estimate of drug-likeness (QED) is 0.492. The topological polar surface area (TPSA) is 119 Å². The van der Waals surface area contributed by atoms with Gasteiger partial charge in [-0.05, 0) is 32.0 Å². The van der Waals surface area contributed by atoms with Crippen molar-refractivity contribution in [1.82, 2.24) is 0 Å². The van der Waals surface area contributed by atoms with Crippen molar-refractivity contribution < 1.29 is 24.0 Å². The number of esters is 1. The minimum atomic E-state index is -1.19. The van der Waals surface area contributed by atoms with Gasteiger partial charge in [-0.15, -0.1) is 0 Å². The van der Waals surface area contributed by atoms with Gasteiger partial charge in [-0.2, -0.15) is 0 Å². The number of rotatable bonds is 4. The summed E-state index contributed by atoms with van der Waals surface area (Å²) in [6.07, 6.45) is 0. The molecule has 0 bridgehead atoms. The van der Waals surface area contributed by atoms with E-state index in [1.165, 1.54) is 23.1 Å². The second-order valence-electron chi connectivity index (χ2n) is 6.64. The number of non-ortho nitro benzene ring substituents is 1. The molecule has 0 saturated heterocycles. The van der Waals surface area contributed by atoms with Crippen LogP contribution in [-0.4, -0.2) is 34.9 Å². The largest absolute Gasteiger partial charge is 0.452 e. The molecule has 28 heavy (non-hydrogen) atoms. The second-order valence-corrected chi connectivity index (χ2v) is 6.64. The number of para-hydroxylation sites is 2. The highest BCUT2D eigenvalue weighted by Crippen LogP contribution is 2.36. The summed E-state index contributed by atoms with van der Waals surface area (Å²) in [5.74, 6) is -1.83. The van der Waals surface area contributed by atoms with Crippen LogP contribution in [-0.2, 0) is 14.3 Å². The van der Waals surface area contributed by atoms with Crippen LogP contribution < -0.4 is 10.2 Å². The first-order chi connectivity index (χ1) is 13.2. The van der Waals surface area contributed by atoms with Crippen molar-refractivity contribution in [3.8, 4) is 0 Å². The van der Waals surface area contributed by atoms with Crippen molar-refractivity contribution in [2.75, 3.05) is 16.8 Å². The molecule has 0 atom stereocenters. The molecule has 1 aliphatic rings. The lowest BCUT2D eigenvalue weighted by atomic mass is 9.96. The van der Waals surface area contributed by atoms with Gasteiger partial charge in [0, 0.05) is 12.1 Å². The number of benzene rings is 2. The molecular weight excluding hydrogens is 366 g/mol. The lowest BCUT2D eigenvalue weighted by molar-refractivity contribution is -0.384. The molecule has 0 aromatic heterocycles. The van der Waals surface area contributed by atoms with Crippen LogP contribution in [0.3, 0.4) is 0 Å². The fraction of sp³-hybridized carbons (Fsp3) is 0.211. The molecule has 1 N–H and O–H groups in total. The maximum absolute atomic E-state index is 12.8. The number of nitrogens with zero attached hydrogens (tertiary/aromatic N) is 2. The number of carbonyl (C=O) groups excluding carboxylic acids is 3. The first kappa shape index (κ1) is 19.0. The number of amides is 2. The number of hydrogen-bond acceptors (Lipinski definition) is 6. The molecule has 0 radical (unpaired) electrons. The summed E-state index contributed by atoms with van der Waals surface area (Å²) in [6.45, 7) is 2.55. The van der Waals surface area contributed by atoms with E-state index in [2.05, 4.69) is 5.32 Å². The van der Waals surface area contributed by atoms with E-state index in [1.807, 2.05) is 0 Å². The van der Waals surface area contributed by atoms with Crippen molar-refractivity contribution in [3.05, 3.63) is 64.2 Å². The normalized spacial score (nSPS) is 14.6. The highest BCUT2D eigenvalue weighted by atomic mass is 16.6. The molecule has 2 aromatic carbocycles. The smallest absolute Gasteiger partial charge is 0.338 e. The zero-order valence-electron chi connectivity index (χ0n) is 15.2. The van der Waals surface area contributed by atoms with Crippen LogP contribution in [0.1, 0.15) is 24.2 Å². The Morgan fingerprint density at radius 1 is 1.18 bits per heavy atom. The Morgan fingerprint density at radius 3 is 2.61 bits per heavy atom. The summed E-state index contributed by atoms with van der Waals surface area (Å²) in [6, 6.07) is 11.8. The van der Waals surface area contributed by atoms with E-state index in [9.17, 15) is 24.5 Å². The molecule has 2 aromatic rings. The SMILES string of the molecule is CC1(C)C(=O)Nc2ccccc2N1C(=O)COC(=O)c1cccc([N+](=O)[O-])c1. The standard InChI is InChI=1S/C19H17N3O6/c1-19(2)18(25)20-14-8-3-4-9-15(14)21(19)16(23)11-28-17(24)12-6-5-7-13(10-12)22(26)27/h3-10H,11H2,1-2H3,(H,20,25). The summed E-state index contributed by atoms with van der Waals surface area (Å²) < 4.78 is 5.04. The number of nitro groups is 1. The average molecular weight is 383 g/mol. The van der Waals surface area contributed by atoms with Crippen LogP contribution in [0.15, 0.2) is 48.5 Å². The molecule has 0 saturated carbocycles. The van der Waals surface area contributed by atoms with E-state index in [4.69, 9.17) is 4.74 Å². The van der Waals surface area contributed by atoms with Gasteiger partial charge in [0.15, 0.2) is 6.61 Å². The number of hydrogen-bond donors (Lipinski definition) is 1. The number of nitro benzene ring substituents is 1. The fourth-order valence-corrected chi connectivity index (χ4v) is 2.92. The third-order valence-electron chi connectivity index (χ3n) is 4.38. The van der Waals surface area contributed by atoms with Gasteiger partial charge in [0.1, 0.15) is 5.54 Å². The van der Waals surface area contributed by atoms with Crippen molar-refractivity contribution in [2.24, 2.45) is 0 Å². The van der Waals surface area contributed by atoms with Crippen LogP contribution in [0.4, 0.5) is 17.1 Å². The van der Waals surface area contributed by atoms with Crippen molar-refractivity contribution in [1.29, 1.82) is 0 Å². The maximum atomic E-state index is 12.8. The summed E-state index contributed by atoms with van der Waals surface area (Å²) >= 11 is 0. The Bertz CT molecular complexity index is 985. The third-order valence-corrected chi connectivity index (χ3v) is 4.38. The van der Waals surface area contributed by atoms with E-state index >= 15 is 0 Å². The molecule has 0 fully saturated rings. The van der Waals surface area contributed by atoms with E-state index in [0.717, 1.165) is 6.07 Å². The molecule has 0 unspecified atom stereocenters. The van der Waals surface area contributed by atoms with Crippen molar-refractivity contribution >= 4 is 34.8 Å². The molecular formula is C19H17N3O6. The Hall–Kier alpha value is -3.75. The maximum Gasteiger partial charge on any atom is 0.338 e. The molecule has 9 heteroatoms. The number of carbonyl (C=O) groups is 3. The first-order valence-electron chi connectivity index (χ1n) is 8.37. The van der Waals surface area contributed by atoms with Crippen LogP contribution in [0, 0.1) is 10.1 Å². The van der Waals surface area contributed by atoms with Gasteiger partial charge < -0.3 is 10.1 Å². The Kier molecular flexibility index (Phi) is 4.83. The molecule has 0 spiro atoms. The van der Waals surface area contributed by atoms with Gasteiger partial charge in [-0.1, -0.05) is 18.2 Å². The molecule has 3 rings (SSSR count). The highest BCUT2D eigenvalue weighted by Gasteiger charge is 2.43. The summed E-state index contributed by atoms with van der Waals surface area (Å²) in [7, 11) is 0. The van der Waals surface area contributed by atoms with E-state index < -0.39 is 28.9 Å². The number of nitrogens with one attached hydrogen (secondary N) is 1. The fourth-order valence-electron chi connectivity index (χ4n) is 2.92. The first-order valence-corrected chi connectivity index (χ1v) is 8.37. The molecule has 1 heterocycles. The van der Waals surface area contributed by atoms with Gasteiger partial charge in [-0.25, -0.2) is 4.79 Å². The predicted molar refractivity (Wildman–Crippen MR) is 100 cm³/mol. The minimum absolute atomic E-state index is 0.0435. The lowest BCUT2D eigenvalue weighted by Crippen LogP contribution is -2.59. The van der Waals surface area contributed by atoms with E-state index in [-0.39, 0.29) is 17.2 Å². The van der Waals surface area contributed by atoms with Crippen LogP contribution >= 0.6 is 0 Å². The zero-order valence-corrected chi connectivity index (χ0v) is 15.2. The van der Waals surface area contributed by atoms with Crippen LogP contribution in [0.25, 0.3) is 0 Å². The zero-order chi connectivity index (χ0) is 20.5. The van der Waals surface area contributed by atoms with Gasteiger partial charge in [-0.3, -0.25) is 24.6 Å². The molecule has 144 valence electrons. The summed E-state index contributed by atoms with van der Waals surface area (Å²) in [4.78, 5) is 48.8. The summed E-state index contributed by atoms with van der Waals surface area (Å²) in [5, 5.41) is 13.6. The van der Waals surface area contributed by atoms with Crippen LogP contribution in [0.2, 0.25) is 0 Å². The van der Waals surface area contributed by atoms with E-state index in [1.54, 1.807) is 38.1 Å². The van der Waals surface area contributed by atoms with Gasteiger partial charge in [0.25, 0.3) is 11.6 Å². The van der Waals surface area contributed by atoms with E-state index in [0.29, 0.717) is 11.4 Å². The lowest BCUT2D eigenvalue weighted by Gasteiger charge is -2.41. The molecule has 1 aliphatic heterocycles. The Balaban J connectivity index is 1.79. The van der Waals surface area contributed by atoms with Gasteiger partial charge in [0.05, 0.1) is 21.9 Å². The molecule has 2 amide bonds. The highest BCUT2D eigenvalue weighted by molar-refractivity contribution is 6.14. The van der Waals surface area contributed by atoms with Gasteiger partial charge in [0.2, 0.25) is 5.91 Å². The number of fused-ring (bicyclic) bond motifs is 1. The monoisotopic (exact) mass is 383 g/mol. The van der Waals surface area contributed by atoms with Crippen molar-refractivity contribution in [2.45, 2.75) is 19.4 Å². The van der Waals surface area contributed by atoms with Gasteiger partial charge >= 0.3 is 5.97 Å². The third kappa shape index (κ3) is 3.41. The average Bonchev–Trinajstić information content (AvgIpc) is 2.66. The minimum Gasteiger partial charge on any atom is -0.452 e. The van der Waals surface area contributed by atoms with Crippen molar-refractivity contribution in [3.63, 3.8) is 0 Å². The second kappa shape index (κ2) is 7.10. The Labute approximate surface area is 160 Å². The molecule has 0 aliphatic carbocycles.